The molecule has 1 saturated heterocycles. The first kappa shape index (κ1) is 17.5. The van der Waals surface area contributed by atoms with E-state index >= 15 is 0 Å². The summed E-state index contributed by atoms with van der Waals surface area (Å²) in [4.78, 5) is 18.0. The van der Waals surface area contributed by atoms with E-state index in [0.29, 0.717) is 18.7 Å². The highest BCUT2D eigenvalue weighted by molar-refractivity contribution is 5.69. The number of aromatic nitrogens is 1. The van der Waals surface area contributed by atoms with Crippen molar-refractivity contribution in [3.63, 3.8) is 0 Å². The number of nitrogens with two attached hydrogens (primary N) is 1. The zero-order valence-electron chi connectivity index (χ0n) is 14.1. The van der Waals surface area contributed by atoms with Gasteiger partial charge in [0.15, 0.2) is 0 Å². The van der Waals surface area contributed by atoms with Crippen molar-refractivity contribution in [2.24, 2.45) is 0 Å². The Hall–Kier alpha value is -1.86. The topological polar surface area (TPSA) is 97.9 Å². The largest absolute Gasteiger partial charge is 0.444 e. The minimum absolute atomic E-state index is 0.216. The molecule has 2 unspecified atom stereocenters. The Kier molecular flexibility index (Phi) is 5.11. The van der Waals surface area contributed by atoms with Crippen LogP contribution in [0.25, 0.3) is 0 Å². The smallest absolute Gasteiger partial charge is 0.410 e. The van der Waals surface area contributed by atoms with Gasteiger partial charge in [-0.3, -0.25) is 4.90 Å². The van der Waals surface area contributed by atoms with Crippen LogP contribution in [0.3, 0.4) is 0 Å². The van der Waals surface area contributed by atoms with Crippen LogP contribution in [-0.4, -0.2) is 52.5 Å². The van der Waals surface area contributed by atoms with Gasteiger partial charge in [-0.2, -0.15) is 0 Å². The number of ether oxygens (including phenoxy) is 2. The van der Waals surface area contributed by atoms with Gasteiger partial charge in [0.25, 0.3) is 0 Å². The van der Waals surface area contributed by atoms with Crippen LogP contribution in [0.2, 0.25) is 0 Å². The van der Waals surface area contributed by atoms with Gasteiger partial charge < -0.3 is 20.3 Å². The molecule has 0 bridgehead atoms. The lowest BCUT2D eigenvalue weighted by molar-refractivity contribution is -0.0671. The first-order valence-electron chi connectivity index (χ1n) is 7.66. The van der Waals surface area contributed by atoms with Gasteiger partial charge in [0.05, 0.1) is 19.3 Å². The van der Waals surface area contributed by atoms with Gasteiger partial charge in [-0.25, -0.2) is 9.78 Å². The molecule has 7 heteroatoms. The number of morpholine rings is 1. The fourth-order valence-electron chi connectivity index (χ4n) is 2.48. The molecule has 0 saturated carbocycles. The highest BCUT2D eigenvalue weighted by atomic mass is 16.6. The van der Waals surface area contributed by atoms with Crippen molar-refractivity contribution in [3.05, 3.63) is 23.4 Å². The molecule has 1 aliphatic heterocycles. The Bertz CT molecular complexity index is 571. The lowest BCUT2D eigenvalue weighted by atomic mass is 10.00. The summed E-state index contributed by atoms with van der Waals surface area (Å²) in [6.07, 6.45) is 0.174. The van der Waals surface area contributed by atoms with Crippen molar-refractivity contribution in [1.82, 2.24) is 9.88 Å². The number of hydrogen-bond donors (Lipinski definition) is 2. The second-order valence-corrected chi connectivity index (χ2v) is 6.75. The van der Waals surface area contributed by atoms with Crippen LogP contribution in [0.1, 0.15) is 38.0 Å². The number of anilines is 1. The fraction of sp³-hybridized carbons (Fsp3) is 0.625. The van der Waals surface area contributed by atoms with Crippen LogP contribution >= 0.6 is 0 Å². The molecule has 0 aromatic carbocycles. The number of amides is 1. The zero-order valence-corrected chi connectivity index (χ0v) is 14.1. The first-order chi connectivity index (χ1) is 10.7. The Labute approximate surface area is 136 Å². The summed E-state index contributed by atoms with van der Waals surface area (Å²) in [7, 11) is 0. The van der Waals surface area contributed by atoms with Gasteiger partial charge in [0.1, 0.15) is 17.5 Å². The summed E-state index contributed by atoms with van der Waals surface area (Å²) < 4.78 is 10.9. The van der Waals surface area contributed by atoms with E-state index in [1.165, 1.54) is 4.90 Å². The lowest BCUT2D eigenvalue weighted by Crippen LogP contribution is -2.52. The van der Waals surface area contributed by atoms with E-state index in [1.54, 1.807) is 33.0 Å². The second kappa shape index (κ2) is 6.72. The van der Waals surface area contributed by atoms with Crippen molar-refractivity contribution in [1.29, 1.82) is 0 Å². The van der Waals surface area contributed by atoms with Crippen LogP contribution in [0.4, 0.5) is 10.6 Å². The number of carbonyl (C=O) groups is 1. The molecular weight excluding hydrogens is 298 g/mol. The summed E-state index contributed by atoms with van der Waals surface area (Å²) in [5.74, 6) is 0.248. The number of nitrogens with zero attached hydrogens (tertiary/aromatic N) is 2. The number of aliphatic hydroxyl groups is 1. The van der Waals surface area contributed by atoms with Crippen molar-refractivity contribution in [2.45, 2.75) is 45.4 Å². The first-order valence-corrected chi connectivity index (χ1v) is 7.66. The van der Waals surface area contributed by atoms with E-state index < -0.39 is 23.8 Å². The number of aliphatic hydroxyl groups excluding tert-OH is 1. The maximum absolute atomic E-state index is 12.4. The fourth-order valence-corrected chi connectivity index (χ4v) is 2.48. The monoisotopic (exact) mass is 323 g/mol. The molecule has 128 valence electrons. The Balaban J connectivity index is 2.23. The van der Waals surface area contributed by atoms with Gasteiger partial charge in [-0.15, -0.1) is 0 Å². The van der Waals surface area contributed by atoms with Crippen molar-refractivity contribution in [2.75, 3.05) is 25.5 Å². The van der Waals surface area contributed by atoms with Crippen LogP contribution in [0.15, 0.2) is 12.3 Å². The van der Waals surface area contributed by atoms with Gasteiger partial charge in [0, 0.05) is 18.3 Å². The van der Waals surface area contributed by atoms with Crippen LogP contribution in [-0.2, 0) is 9.47 Å². The molecule has 2 heterocycles. The third kappa shape index (κ3) is 4.33. The summed E-state index contributed by atoms with van der Waals surface area (Å²) in [5, 5.41) is 10.7. The molecule has 0 aliphatic carbocycles. The zero-order chi connectivity index (χ0) is 17.2. The molecule has 23 heavy (non-hydrogen) atoms. The predicted molar refractivity (Wildman–Crippen MR) is 85.9 cm³/mol. The average Bonchev–Trinajstić information content (AvgIpc) is 2.47. The van der Waals surface area contributed by atoms with E-state index in [-0.39, 0.29) is 12.4 Å². The summed E-state index contributed by atoms with van der Waals surface area (Å²) in [6.45, 7) is 8.26. The molecule has 0 spiro atoms. The van der Waals surface area contributed by atoms with E-state index in [4.69, 9.17) is 15.2 Å². The van der Waals surface area contributed by atoms with Gasteiger partial charge >= 0.3 is 6.09 Å². The Morgan fingerprint density at radius 1 is 1.57 bits per heavy atom. The molecule has 7 nitrogen and oxygen atoms in total. The molecular formula is C16H25N3O4. The third-order valence-corrected chi connectivity index (χ3v) is 3.56. The third-order valence-electron chi connectivity index (χ3n) is 3.56. The highest BCUT2D eigenvalue weighted by Crippen LogP contribution is 2.28. The van der Waals surface area contributed by atoms with Crippen molar-refractivity contribution >= 4 is 11.9 Å². The molecule has 2 rings (SSSR count). The summed E-state index contributed by atoms with van der Waals surface area (Å²) in [6, 6.07) is 1.21. The maximum Gasteiger partial charge on any atom is 0.410 e. The standard InChI is InChI=1S/C16H25N3O4/c1-10-7-11(14(17)18-8-10)13(20)12-9-22-6-5-19(12)15(21)23-16(2,3)4/h7-8,12-13,20H,5-6,9H2,1-4H3,(H2,17,18). The Morgan fingerprint density at radius 3 is 2.91 bits per heavy atom. The van der Waals surface area contributed by atoms with Crippen LogP contribution in [0.5, 0.6) is 0 Å². The average molecular weight is 323 g/mol. The summed E-state index contributed by atoms with van der Waals surface area (Å²) >= 11 is 0. The molecule has 3 N–H and O–H groups in total. The van der Waals surface area contributed by atoms with E-state index in [2.05, 4.69) is 4.98 Å². The molecule has 1 aliphatic rings. The highest BCUT2D eigenvalue weighted by Gasteiger charge is 2.36. The summed E-state index contributed by atoms with van der Waals surface area (Å²) in [5.41, 5.74) is 6.65. The number of pyridine rings is 1. The lowest BCUT2D eigenvalue weighted by Gasteiger charge is -2.39. The van der Waals surface area contributed by atoms with E-state index in [0.717, 1.165) is 5.56 Å². The number of carbonyl (C=O) groups excluding carboxylic acids is 1. The van der Waals surface area contributed by atoms with Crippen LogP contribution in [0, 0.1) is 6.92 Å². The minimum atomic E-state index is -0.991. The Morgan fingerprint density at radius 2 is 2.26 bits per heavy atom. The van der Waals surface area contributed by atoms with Crippen molar-refractivity contribution < 1.29 is 19.4 Å². The molecule has 2 atom stereocenters. The number of aryl methyl sites for hydroxylation is 1. The molecule has 1 amide bonds. The second-order valence-electron chi connectivity index (χ2n) is 6.75. The van der Waals surface area contributed by atoms with Crippen molar-refractivity contribution in [3.8, 4) is 0 Å². The number of nitrogen functional groups attached to an aromatic ring is 1. The number of rotatable bonds is 2. The molecule has 1 aromatic rings. The van der Waals surface area contributed by atoms with E-state index in [9.17, 15) is 9.90 Å². The molecule has 1 aromatic heterocycles. The van der Waals surface area contributed by atoms with Gasteiger partial charge in [-0.1, -0.05) is 0 Å². The molecule has 1 fully saturated rings. The number of hydrogen-bond acceptors (Lipinski definition) is 6. The van der Waals surface area contributed by atoms with E-state index in [1.807, 2.05) is 6.92 Å². The minimum Gasteiger partial charge on any atom is -0.444 e. The van der Waals surface area contributed by atoms with Gasteiger partial charge in [0.2, 0.25) is 0 Å². The predicted octanol–water partition coefficient (Wildman–Crippen LogP) is 1.64. The maximum atomic E-state index is 12.4. The normalized spacial score (nSPS) is 20.2. The van der Waals surface area contributed by atoms with Crippen LogP contribution < -0.4 is 5.73 Å². The SMILES string of the molecule is Cc1cnc(N)c(C(O)C2COCCN2C(=O)OC(C)(C)C)c1. The quantitative estimate of drug-likeness (QED) is 0.858. The molecule has 0 radical (unpaired) electrons. The van der Waals surface area contributed by atoms with Gasteiger partial charge in [-0.05, 0) is 39.3 Å².